The third-order valence-corrected chi connectivity index (χ3v) is 3.57. The lowest BCUT2D eigenvalue weighted by molar-refractivity contribution is -0.137. The maximum absolute atomic E-state index is 12.1. The number of nitrogens with zero attached hydrogens (tertiary/aromatic N) is 1. The number of rotatable bonds is 5. The van der Waals surface area contributed by atoms with Gasteiger partial charge in [0.2, 0.25) is 11.8 Å². The predicted octanol–water partition coefficient (Wildman–Crippen LogP) is 0.735. The monoisotopic (exact) mass is 269 g/mol. The van der Waals surface area contributed by atoms with Crippen LogP contribution in [0.25, 0.3) is 0 Å². The Morgan fingerprint density at radius 1 is 1.32 bits per heavy atom. The molecular formula is C14H27N3O2. The van der Waals surface area contributed by atoms with Crippen molar-refractivity contribution in [3.05, 3.63) is 0 Å². The standard InChI is InChI=1S/C14H27N3O2/c1-4-16-13(18)11-5-7-17(8-6-11)14(19)12(15)9-10(2)3/h10-12H,4-9,15H2,1-3H3,(H,16,18)/t12-/m0/s1. The Bertz CT molecular complexity index is 310. The molecule has 0 unspecified atom stereocenters. The van der Waals surface area contributed by atoms with Gasteiger partial charge in [0.25, 0.3) is 0 Å². The Morgan fingerprint density at radius 2 is 1.89 bits per heavy atom. The highest BCUT2D eigenvalue weighted by Crippen LogP contribution is 2.18. The highest BCUT2D eigenvalue weighted by molar-refractivity contribution is 5.82. The van der Waals surface area contributed by atoms with E-state index in [0.29, 0.717) is 25.6 Å². The molecule has 0 radical (unpaired) electrons. The quantitative estimate of drug-likeness (QED) is 0.773. The van der Waals surface area contributed by atoms with Crippen LogP contribution in [-0.2, 0) is 9.59 Å². The minimum absolute atomic E-state index is 0.0306. The first-order chi connectivity index (χ1) is 8.95. The molecule has 19 heavy (non-hydrogen) atoms. The van der Waals surface area contributed by atoms with Gasteiger partial charge in [-0.25, -0.2) is 0 Å². The van der Waals surface area contributed by atoms with Gasteiger partial charge in [-0.05, 0) is 32.1 Å². The molecule has 1 aliphatic rings. The summed E-state index contributed by atoms with van der Waals surface area (Å²) in [6.45, 7) is 8.00. The van der Waals surface area contributed by atoms with Crippen LogP contribution in [0.15, 0.2) is 0 Å². The van der Waals surface area contributed by atoms with Crippen LogP contribution in [0.5, 0.6) is 0 Å². The molecule has 0 bridgehead atoms. The van der Waals surface area contributed by atoms with Gasteiger partial charge in [-0.3, -0.25) is 9.59 Å². The van der Waals surface area contributed by atoms with Crippen LogP contribution < -0.4 is 11.1 Å². The summed E-state index contributed by atoms with van der Waals surface area (Å²) in [6.07, 6.45) is 2.20. The highest BCUT2D eigenvalue weighted by Gasteiger charge is 2.29. The van der Waals surface area contributed by atoms with Crippen molar-refractivity contribution >= 4 is 11.8 Å². The number of carbonyl (C=O) groups excluding carboxylic acids is 2. The third-order valence-electron chi connectivity index (χ3n) is 3.57. The molecule has 0 aromatic rings. The molecule has 0 aromatic carbocycles. The predicted molar refractivity (Wildman–Crippen MR) is 75.4 cm³/mol. The zero-order chi connectivity index (χ0) is 14.4. The van der Waals surface area contributed by atoms with Gasteiger partial charge in [0.05, 0.1) is 6.04 Å². The van der Waals surface area contributed by atoms with Crippen LogP contribution in [-0.4, -0.2) is 42.4 Å². The normalized spacial score (nSPS) is 18.5. The second-order valence-electron chi connectivity index (χ2n) is 5.73. The summed E-state index contributed by atoms with van der Waals surface area (Å²) in [5.41, 5.74) is 5.92. The van der Waals surface area contributed by atoms with Gasteiger partial charge in [-0.15, -0.1) is 0 Å². The summed E-state index contributed by atoms with van der Waals surface area (Å²) in [7, 11) is 0. The number of nitrogens with two attached hydrogens (primary N) is 1. The molecule has 5 nitrogen and oxygen atoms in total. The number of hydrogen-bond donors (Lipinski definition) is 2. The smallest absolute Gasteiger partial charge is 0.239 e. The van der Waals surface area contributed by atoms with E-state index in [0.717, 1.165) is 19.3 Å². The SMILES string of the molecule is CCNC(=O)C1CCN(C(=O)[C@@H](N)CC(C)C)CC1. The van der Waals surface area contributed by atoms with Gasteiger partial charge >= 0.3 is 0 Å². The lowest BCUT2D eigenvalue weighted by atomic mass is 9.94. The van der Waals surface area contributed by atoms with E-state index in [1.54, 1.807) is 0 Å². The Balaban J connectivity index is 2.40. The summed E-state index contributed by atoms with van der Waals surface area (Å²) in [5, 5.41) is 2.84. The molecular weight excluding hydrogens is 242 g/mol. The fourth-order valence-corrected chi connectivity index (χ4v) is 2.52. The number of carbonyl (C=O) groups is 2. The van der Waals surface area contributed by atoms with Crippen molar-refractivity contribution in [1.29, 1.82) is 0 Å². The second kappa shape index (κ2) is 7.48. The van der Waals surface area contributed by atoms with Crippen molar-refractivity contribution in [2.45, 2.75) is 46.1 Å². The van der Waals surface area contributed by atoms with E-state index in [2.05, 4.69) is 19.2 Å². The van der Waals surface area contributed by atoms with Gasteiger partial charge in [0.1, 0.15) is 0 Å². The van der Waals surface area contributed by atoms with Crippen molar-refractivity contribution in [2.24, 2.45) is 17.6 Å². The van der Waals surface area contributed by atoms with Crippen molar-refractivity contribution in [2.75, 3.05) is 19.6 Å². The minimum Gasteiger partial charge on any atom is -0.356 e. The lowest BCUT2D eigenvalue weighted by Gasteiger charge is -2.33. The van der Waals surface area contributed by atoms with Gasteiger partial charge < -0.3 is 16.0 Å². The van der Waals surface area contributed by atoms with E-state index in [9.17, 15) is 9.59 Å². The van der Waals surface area contributed by atoms with E-state index < -0.39 is 6.04 Å². The first kappa shape index (κ1) is 16.0. The fraction of sp³-hybridized carbons (Fsp3) is 0.857. The zero-order valence-corrected chi connectivity index (χ0v) is 12.3. The number of likely N-dealkylation sites (tertiary alicyclic amines) is 1. The van der Waals surface area contributed by atoms with Gasteiger partial charge in [-0.1, -0.05) is 13.8 Å². The molecule has 3 N–H and O–H groups in total. The van der Waals surface area contributed by atoms with Gasteiger partial charge in [-0.2, -0.15) is 0 Å². The molecule has 0 saturated carbocycles. The first-order valence-electron chi connectivity index (χ1n) is 7.27. The molecule has 1 atom stereocenters. The van der Waals surface area contributed by atoms with Crippen molar-refractivity contribution in [3.63, 3.8) is 0 Å². The first-order valence-corrected chi connectivity index (χ1v) is 7.27. The van der Waals surface area contributed by atoms with Crippen LogP contribution >= 0.6 is 0 Å². The number of amides is 2. The molecule has 0 aliphatic carbocycles. The molecule has 1 rings (SSSR count). The molecule has 0 aromatic heterocycles. The third kappa shape index (κ3) is 4.82. The largest absolute Gasteiger partial charge is 0.356 e. The molecule has 1 fully saturated rings. The van der Waals surface area contributed by atoms with Crippen LogP contribution in [0.3, 0.4) is 0 Å². The number of hydrogen-bond acceptors (Lipinski definition) is 3. The minimum atomic E-state index is -0.402. The van der Waals surface area contributed by atoms with Crippen molar-refractivity contribution < 1.29 is 9.59 Å². The molecule has 0 spiro atoms. The van der Waals surface area contributed by atoms with E-state index in [1.807, 2.05) is 11.8 Å². The Kier molecular flexibility index (Phi) is 6.28. The van der Waals surface area contributed by atoms with Crippen molar-refractivity contribution in [1.82, 2.24) is 10.2 Å². The highest BCUT2D eigenvalue weighted by atomic mass is 16.2. The summed E-state index contributed by atoms with van der Waals surface area (Å²) >= 11 is 0. The molecule has 5 heteroatoms. The van der Waals surface area contributed by atoms with E-state index in [1.165, 1.54) is 0 Å². The molecule has 110 valence electrons. The molecule has 1 heterocycles. The molecule has 1 saturated heterocycles. The van der Waals surface area contributed by atoms with Crippen molar-refractivity contribution in [3.8, 4) is 0 Å². The van der Waals surface area contributed by atoms with E-state index in [-0.39, 0.29) is 17.7 Å². The topological polar surface area (TPSA) is 75.4 Å². The average molecular weight is 269 g/mol. The van der Waals surface area contributed by atoms with Crippen LogP contribution in [0.4, 0.5) is 0 Å². The summed E-state index contributed by atoms with van der Waals surface area (Å²) in [5.74, 6) is 0.612. The maximum Gasteiger partial charge on any atom is 0.239 e. The van der Waals surface area contributed by atoms with Crippen LogP contribution in [0.2, 0.25) is 0 Å². The van der Waals surface area contributed by atoms with E-state index in [4.69, 9.17) is 5.73 Å². The summed E-state index contributed by atoms with van der Waals surface area (Å²) in [4.78, 5) is 25.7. The van der Waals surface area contributed by atoms with Crippen LogP contribution in [0.1, 0.15) is 40.0 Å². The number of nitrogens with one attached hydrogen (secondary N) is 1. The fourth-order valence-electron chi connectivity index (χ4n) is 2.52. The van der Waals surface area contributed by atoms with Gasteiger partial charge in [0, 0.05) is 25.6 Å². The zero-order valence-electron chi connectivity index (χ0n) is 12.3. The Labute approximate surface area is 115 Å². The van der Waals surface area contributed by atoms with E-state index >= 15 is 0 Å². The number of piperidine rings is 1. The average Bonchev–Trinajstić information content (AvgIpc) is 2.37. The molecule has 1 aliphatic heterocycles. The Hall–Kier alpha value is -1.10. The second-order valence-corrected chi connectivity index (χ2v) is 5.73. The molecule has 2 amide bonds. The van der Waals surface area contributed by atoms with Gasteiger partial charge in [0.15, 0.2) is 0 Å². The lowest BCUT2D eigenvalue weighted by Crippen LogP contribution is -2.49. The summed E-state index contributed by atoms with van der Waals surface area (Å²) < 4.78 is 0. The van der Waals surface area contributed by atoms with Crippen LogP contribution in [0, 0.1) is 11.8 Å². The Morgan fingerprint density at radius 3 is 2.37 bits per heavy atom. The summed E-state index contributed by atoms with van der Waals surface area (Å²) in [6, 6.07) is -0.402. The maximum atomic E-state index is 12.1.